The van der Waals surface area contributed by atoms with E-state index in [2.05, 4.69) is 44.3 Å². The van der Waals surface area contributed by atoms with Crippen LogP contribution in [0.15, 0.2) is 48.6 Å². The number of carbonyl (C=O) groups is 2. The Morgan fingerprint density at radius 2 is 1.33 bits per heavy atom. The third-order valence-corrected chi connectivity index (χ3v) is 10.9. The largest absolute Gasteiger partial charge is 0.391 e. The third kappa shape index (κ3) is 12.7. The molecule has 3 fully saturated rings. The number of rotatable bonds is 15. The Hall–Kier alpha value is -2.28. The van der Waals surface area contributed by atoms with Gasteiger partial charge in [0.15, 0.2) is 0 Å². The van der Waals surface area contributed by atoms with Gasteiger partial charge in [-0.15, -0.1) is 0 Å². The van der Waals surface area contributed by atoms with Gasteiger partial charge in [0.05, 0.1) is 25.4 Å². The molecule has 1 atom stereocenters. The highest BCUT2D eigenvalue weighted by atomic mass is 17.2. The van der Waals surface area contributed by atoms with Crippen LogP contribution in [0.1, 0.15) is 133 Å². The molecule has 1 aromatic rings. The molecule has 3 aliphatic carbocycles. The van der Waals surface area contributed by atoms with Crippen molar-refractivity contribution in [2.24, 2.45) is 29.6 Å². The maximum Gasteiger partial charge on any atom is 0.370 e. The SMILES string of the molecule is C=C(C)C=O.C=C(CO)C(=O)OOCC(COC)CC1CCC(c2ccc(C3CCC(C4CCC(CCC)CC4)CC3)cc2)CC1. The minimum Gasteiger partial charge on any atom is -0.391 e. The summed E-state index contributed by atoms with van der Waals surface area (Å²) in [5, 5.41) is 8.98. The summed E-state index contributed by atoms with van der Waals surface area (Å²) < 4.78 is 5.39. The lowest BCUT2D eigenvalue weighted by atomic mass is 9.68. The second-order valence-electron chi connectivity index (χ2n) is 14.5. The van der Waals surface area contributed by atoms with Gasteiger partial charge in [0.2, 0.25) is 0 Å². The molecule has 0 spiro atoms. The second-order valence-corrected chi connectivity index (χ2v) is 14.5. The van der Waals surface area contributed by atoms with Crippen molar-refractivity contribution in [1.82, 2.24) is 0 Å². The molecule has 0 heterocycles. The second kappa shape index (κ2) is 20.8. The molecule has 4 rings (SSSR count). The van der Waals surface area contributed by atoms with Crippen LogP contribution in [0, 0.1) is 29.6 Å². The van der Waals surface area contributed by atoms with E-state index in [4.69, 9.17) is 19.6 Å². The fourth-order valence-corrected chi connectivity index (χ4v) is 8.25. The number of benzene rings is 1. The molecule has 0 amide bonds. The van der Waals surface area contributed by atoms with Gasteiger partial charge in [0.1, 0.15) is 6.29 Å². The molecule has 0 bridgehead atoms. The number of carbonyl (C=O) groups excluding carboxylic acids is 2. The molecule has 6 nitrogen and oxygen atoms in total. The van der Waals surface area contributed by atoms with Crippen LogP contribution in [0.4, 0.5) is 0 Å². The van der Waals surface area contributed by atoms with Gasteiger partial charge < -0.3 is 9.84 Å². The van der Waals surface area contributed by atoms with Gasteiger partial charge >= 0.3 is 5.97 Å². The summed E-state index contributed by atoms with van der Waals surface area (Å²) in [6.07, 6.45) is 21.0. The summed E-state index contributed by atoms with van der Waals surface area (Å²) in [4.78, 5) is 31.0. The van der Waals surface area contributed by atoms with Crippen LogP contribution in [-0.4, -0.2) is 44.3 Å². The topological polar surface area (TPSA) is 82.1 Å². The number of hydrogen-bond donors (Lipinski definition) is 1. The molecular formula is C40H62O6. The van der Waals surface area contributed by atoms with Crippen molar-refractivity contribution in [3.8, 4) is 0 Å². The molecule has 0 saturated heterocycles. The van der Waals surface area contributed by atoms with Gasteiger partial charge in [0, 0.05) is 13.0 Å². The first kappa shape index (κ1) is 38.2. The standard InChI is InChI=1S/C36H56O5.C4H6O/c1-4-5-27-6-10-30(11-7-27)32-14-18-34(19-15-32)35-20-16-33(17-21-35)31-12-8-28(9-13-31)22-29(24-39-3)25-40-41-36(38)26(2)23-37;1-4(2)3-5/h16-17,20-21,27-32,34,37H,2,4-15,18-19,22-25H2,1,3H3;3H,1H2,2H3. The minimum atomic E-state index is -0.720. The third-order valence-electron chi connectivity index (χ3n) is 10.9. The average molecular weight is 639 g/mol. The lowest BCUT2D eigenvalue weighted by Crippen LogP contribution is -2.25. The summed E-state index contributed by atoms with van der Waals surface area (Å²) in [7, 11) is 1.69. The predicted molar refractivity (Wildman–Crippen MR) is 185 cm³/mol. The van der Waals surface area contributed by atoms with Crippen molar-refractivity contribution in [2.75, 3.05) is 26.9 Å². The van der Waals surface area contributed by atoms with Crippen molar-refractivity contribution in [3.63, 3.8) is 0 Å². The van der Waals surface area contributed by atoms with Crippen LogP contribution >= 0.6 is 0 Å². The first-order chi connectivity index (χ1) is 22.3. The Labute approximate surface area is 279 Å². The zero-order valence-corrected chi connectivity index (χ0v) is 29.1. The van der Waals surface area contributed by atoms with Gasteiger partial charge in [-0.2, -0.15) is 4.89 Å². The summed E-state index contributed by atoms with van der Waals surface area (Å²) in [5.74, 6) is 4.51. The normalized spacial score (nSPS) is 27.0. The van der Waals surface area contributed by atoms with E-state index in [1.807, 2.05) is 0 Å². The van der Waals surface area contributed by atoms with Crippen LogP contribution < -0.4 is 0 Å². The lowest BCUT2D eigenvalue weighted by Gasteiger charge is -2.38. The van der Waals surface area contributed by atoms with E-state index in [0.29, 0.717) is 30.6 Å². The Morgan fingerprint density at radius 3 is 1.78 bits per heavy atom. The quantitative estimate of drug-likeness (QED) is 0.0892. The van der Waals surface area contributed by atoms with E-state index in [1.54, 1.807) is 19.6 Å². The number of hydrogen-bond acceptors (Lipinski definition) is 6. The molecule has 258 valence electrons. The Balaban J connectivity index is 0.00000107. The van der Waals surface area contributed by atoms with Crippen molar-refractivity contribution in [2.45, 2.75) is 122 Å². The molecule has 0 aliphatic heterocycles. The van der Waals surface area contributed by atoms with Crippen molar-refractivity contribution < 1.29 is 29.2 Å². The van der Waals surface area contributed by atoms with Crippen LogP contribution in [0.3, 0.4) is 0 Å². The number of allylic oxidation sites excluding steroid dienone is 1. The van der Waals surface area contributed by atoms with Crippen LogP contribution in [0.2, 0.25) is 0 Å². The summed E-state index contributed by atoms with van der Waals surface area (Å²) >= 11 is 0. The fraction of sp³-hybridized carbons (Fsp3) is 0.700. The predicted octanol–water partition coefficient (Wildman–Crippen LogP) is 9.28. The first-order valence-corrected chi connectivity index (χ1v) is 18.1. The highest BCUT2D eigenvalue weighted by molar-refractivity contribution is 5.87. The Bertz CT molecular complexity index is 1040. The van der Waals surface area contributed by atoms with Crippen molar-refractivity contribution >= 4 is 12.3 Å². The maximum absolute atomic E-state index is 11.6. The molecule has 1 unspecified atom stereocenters. The lowest BCUT2D eigenvalue weighted by molar-refractivity contribution is -0.276. The Kier molecular flexibility index (Phi) is 17.3. The molecule has 46 heavy (non-hydrogen) atoms. The first-order valence-electron chi connectivity index (χ1n) is 18.1. The molecule has 1 N–H and O–H groups in total. The molecule has 3 aliphatic rings. The highest BCUT2D eigenvalue weighted by Crippen LogP contribution is 2.45. The van der Waals surface area contributed by atoms with Crippen LogP contribution in [-0.2, 0) is 24.1 Å². The monoisotopic (exact) mass is 638 g/mol. The molecular weight excluding hydrogens is 576 g/mol. The van der Waals surface area contributed by atoms with E-state index in [1.165, 1.54) is 95.5 Å². The molecule has 0 radical (unpaired) electrons. The molecule has 1 aromatic carbocycles. The van der Waals surface area contributed by atoms with Crippen LogP contribution in [0.5, 0.6) is 0 Å². The van der Waals surface area contributed by atoms with Crippen LogP contribution in [0.25, 0.3) is 0 Å². The van der Waals surface area contributed by atoms with Crippen molar-refractivity contribution in [3.05, 3.63) is 59.7 Å². The Morgan fingerprint density at radius 1 is 0.848 bits per heavy atom. The molecule has 0 aromatic heterocycles. The molecule has 6 heteroatoms. The maximum atomic E-state index is 11.6. The number of aliphatic hydroxyl groups is 1. The number of methoxy groups -OCH3 is 1. The zero-order valence-electron chi connectivity index (χ0n) is 29.1. The average Bonchev–Trinajstić information content (AvgIpc) is 3.09. The minimum absolute atomic E-state index is 0.0119. The van der Waals surface area contributed by atoms with Gasteiger partial charge in [0.25, 0.3) is 0 Å². The summed E-state index contributed by atoms with van der Waals surface area (Å²) in [6.45, 7) is 11.2. The van der Waals surface area contributed by atoms with Gasteiger partial charge in [-0.05, 0) is 130 Å². The van der Waals surface area contributed by atoms with E-state index in [9.17, 15) is 9.59 Å². The zero-order chi connectivity index (χ0) is 33.3. The number of aldehydes is 1. The van der Waals surface area contributed by atoms with E-state index >= 15 is 0 Å². The van der Waals surface area contributed by atoms with Crippen molar-refractivity contribution in [1.29, 1.82) is 0 Å². The smallest absolute Gasteiger partial charge is 0.370 e. The van der Waals surface area contributed by atoms with E-state index < -0.39 is 12.6 Å². The molecule has 3 saturated carbocycles. The fourth-order valence-electron chi connectivity index (χ4n) is 8.25. The summed E-state index contributed by atoms with van der Waals surface area (Å²) in [6, 6.07) is 9.75. The van der Waals surface area contributed by atoms with E-state index in [-0.39, 0.29) is 11.5 Å². The number of aliphatic hydroxyl groups excluding tert-OH is 1. The van der Waals surface area contributed by atoms with E-state index in [0.717, 1.165) is 36.4 Å². The highest BCUT2D eigenvalue weighted by Gasteiger charge is 2.31. The van der Waals surface area contributed by atoms with Gasteiger partial charge in [-0.3, -0.25) is 9.68 Å². The van der Waals surface area contributed by atoms with Gasteiger partial charge in [-0.1, -0.05) is 70.0 Å². The van der Waals surface area contributed by atoms with Gasteiger partial charge in [-0.25, -0.2) is 4.79 Å². The number of ether oxygens (including phenoxy) is 1. The summed E-state index contributed by atoms with van der Waals surface area (Å²) in [5.41, 5.74) is 3.64.